The van der Waals surface area contributed by atoms with E-state index in [1.807, 2.05) is 0 Å². The molecule has 0 saturated carbocycles. The molecule has 0 fully saturated rings. The molecule has 28 heavy (non-hydrogen) atoms. The molecule has 2 aromatic carbocycles. The summed E-state index contributed by atoms with van der Waals surface area (Å²) in [6, 6.07) is 10.8. The van der Waals surface area contributed by atoms with E-state index in [1.165, 1.54) is 31.5 Å². The molecule has 8 heteroatoms. The number of nitrogens with zero attached hydrogens (tertiary/aromatic N) is 2. The third-order valence-corrected chi connectivity index (χ3v) is 4.28. The van der Waals surface area contributed by atoms with Crippen LogP contribution in [0.2, 0.25) is 0 Å². The van der Waals surface area contributed by atoms with Crippen LogP contribution in [-0.4, -0.2) is 17.0 Å². The zero-order chi connectivity index (χ0) is 20.3. The molecular formula is C20H17F2N3O3. The zero-order valence-corrected chi connectivity index (χ0v) is 15.1. The van der Waals surface area contributed by atoms with Gasteiger partial charge in [0.25, 0.3) is 5.69 Å². The lowest BCUT2D eigenvalue weighted by Crippen LogP contribution is -2.09. The second-order valence-corrected chi connectivity index (χ2v) is 6.11. The van der Waals surface area contributed by atoms with Crippen molar-refractivity contribution in [1.82, 2.24) is 4.98 Å². The predicted molar refractivity (Wildman–Crippen MR) is 101 cm³/mol. The smallest absolute Gasteiger partial charge is 0.295 e. The molecule has 0 spiro atoms. The maximum absolute atomic E-state index is 14.5. The Balaban J connectivity index is 2.00. The molecule has 6 nitrogen and oxygen atoms in total. The van der Waals surface area contributed by atoms with Crippen molar-refractivity contribution in [2.45, 2.75) is 13.0 Å². The number of benzene rings is 2. The fourth-order valence-electron chi connectivity index (χ4n) is 2.78. The molecule has 3 aromatic rings. The van der Waals surface area contributed by atoms with Crippen LogP contribution >= 0.6 is 0 Å². The Morgan fingerprint density at radius 2 is 1.86 bits per heavy atom. The van der Waals surface area contributed by atoms with Gasteiger partial charge in [-0.2, -0.15) is 0 Å². The van der Waals surface area contributed by atoms with Gasteiger partial charge in [0.05, 0.1) is 18.1 Å². The topological polar surface area (TPSA) is 77.3 Å². The van der Waals surface area contributed by atoms with Gasteiger partial charge in [-0.15, -0.1) is 0 Å². The molecule has 3 rings (SSSR count). The predicted octanol–water partition coefficient (Wildman–Crippen LogP) is 5.12. The number of hydrogen-bond donors (Lipinski definition) is 1. The summed E-state index contributed by atoms with van der Waals surface area (Å²) in [5, 5.41) is 14.4. The van der Waals surface area contributed by atoms with E-state index in [0.29, 0.717) is 11.4 Å². The molecule has 0 amide bonds. The monoisotopic (exact) mass is 385 g/mol. The first kappa shape index (κ1) is 19.2. The third-order valence-electron chi connectivity index (χ3n) is 4.28. The molecule has 0 radical (unpaired) electrons. The molecule has 0 aliphatic heterocycles. The minimum atomic E-state index is -0.737. The summed E-state index contributed by atoms with van der Waals surface area (Å²) in [5.41, 5.74) is 1.10. The lowest BCUT2D eigenvalue weighted by atomic mass is 10.0. The summed E-state index contributed by atoms with van der Waals surface area (Å²) in [7, 11) is 1.47. The first-order chi connectivity index (χ1) is 13.4. The second kappa shape index (κ2) is 7.99. The minimum absolute atomic E-state index is 0.147. The maximum atomic E-state index is 14.5. The quantitative estimate of drug-likeness (QED) is 0.471. The standard InChI is InChI=1S/C20H17F2N3O3/c1-12(13-3-6-15(21)7-4-13)24-18-9-16(17(22)10-19(18)25(26)27)14-5-8-20(28-2)23-11-14/h3-12,24H,1-2H3. The van der Waals surface area contributed by atoms with Crippen LogP contribution in [0.15, 0.2) is 54.7 Å². The highest BCUT2D eigenvalue weighted by molar-refractivity contribution is 5.74. The summed E-state index contributed by atoms with van der Waals surface area (Å²) in [6.07, 6.45) is 1.43. The van der Waals surface area contributed by atoms with Crippen molar-refractivity contribution in [3.8, 4) is 17.0 Å². The number of anilines is 1. The SMILES string of the molecule is COc1ccc(-c2cc(NC(C)c3ccc(F)cc3)c([N+](=O)[O-])cc2F)cn1. The highest BCUT2D eigenvalue weighted by Gasteiger charge is 2.21. The van der Waals surface area contributed by atoms with Gasteiger partial charge in [-0.1, -0.05) is 12.1 Å². The van der Waals surface area contributed by atoms with Crippen LogP contribution in [0.5, 0.6) is 5.88 Å². The van der Waals surface area contributed by atoms with Crippen molar-refractivity contribution < 1.29 is 18.4 Å². The minimum Gasteiger partial charge on any atom is -0.481 e. The zero-order valence-electron chi connectivity index (χ0n) is 15.1. The number of pyridine rings is 1. The van der Waals surface area contributed by atoms with Gasteiger partial charge in [0.15, 0.2) is 0 Å². The Morgan fingerprint density at radius 3 is 2.43 bits per heavy atom. The number of nitrogens with one attached hydrogen (secondary N) is 1. The number of methoxy groups -OCH3 is 1. The fraction of sp³-hybridized carbons (Fsp3) is 0.150. The lowest BCUT2D eigenvalue weighted by molar-refractivity contribution is -0.384. The van der Waals surface area contributed by atoms with Gasteiger partial charge in [-0.25, -0.2) is 13.8 Å². The normalized spacial score (nSPS) is 11.7. The van der Waals surface area contributed by atoms with Crippen LogP contribution in [0.3, 0.4) is 0 Å². The van der Waals surface area contributed by atoms with E-state index < -0.39 is 16.4 Å². The van der Waals surface area contributed by atoms with E-state index in [4.69, 9.17) is 4.74 Å². The van der Waals surface area contributed by atoms with Gasteiger partial charge in [-0.3, -0.25) is 10.1 Å². The van der Waals surface area contributed by atoms with E-state index in [1.54, 1.807) is 31.2 Å². The van der Waals surface area contributed by atoms with Gasteiger partial charge in [0.2, 0.25) is 5.88 Å². The Bertz CT molecular complexity index is 993. The van der Waals surface area contributed by atoms with Crippen molar-refractivity contribution in [2.75, 3.05) is 12.4 Å². The van der Waals surface area contributed by atoms with Crippen LogP contribution in [0, 0.1) is 21.7 Å². The summed E-state index contributed by atoms with van der Waals surface area (Å²) < 4.78 is 32.6. The summed E-state index contributed by atoms with van der Waals surface area (Å²) in [5.74, 6) is -0.744. The van der Waals surface area contributed by atoms with Crippen LogP contribution in [-0.2, 0) is 0 Å². The van der Waals surface area contributed by atoms with Crippen molar-refractivity contribution in [2.24, 2.45) is 0 Å². The maximum Gasteiger partial charge on any atom is 0.295 e. The Labute approximate surface area is 160 Å². The molecule has 0 aliphatic rings. The van der Waals surface area contributed by atoms with Crippen LogP contribution in [0.1, 0.15) is 18.5 Å². The highest BCUT2D eigenvalue weighted by atomic mass is 19.1. The molecule has 0 saturated heterocycles. The summed E-state index contributed by atoms with van der Waals surface area (Å²) in [4.78, 5) is 14.8. The van der Waals surface area contributed by atoms with Crippen molar-refractivity contribution >= 4 is 11.4 Å². The summed E-state index contributed by atoms with van der Waals surface area (Å²) >= 11 is 0. The molecule has 144 valence electrons. The number of halogens is 2. The molecule has 0 bridgehead atoms. The largest absolute Gasteiger partial charge is 0.481 e. The highest BCUT2D eigenvalue weighted by Crippen LogP contribution is 2.35. The lowest BCUT2D eigenvalue weighted by Gasteiger charge is -2.17. The van der Waals surface area contributed by atoms with Gasteiger partial charge in [0, 0.05) is 29.4 Å². The Kier molecular flexibility index (Phi) is 5.49. The first-order valence-electron chi connectivity index (χ1n) is 8.39. The number of aromatic nitrogens is 1. The average molecular weight is 385 g/mol. The first-order valence-corrected chi connectivity index (χ1v) is 8.39. The second-order valence-electron chi connectivity index (χ2n) is 6.11. The van der Waals surface area contributed by atoms with E-state index in [-0.39, 0.29) is 23.1 Å². The van der Waals surface area contributed by atoms with Gasteiger partial charge in [0.1, 0.15) is 17.3 Å². The third kappa shape index (κ3) is 4.06. The van der Waals surface area contributed by atoms with E-state index in [2.05, 4.69) is 10.3 Å². The summed E-state index contributed by atoms with van der Waals surface area (Å²) in [6.45, 7) is 1.77. The van der Waals surface area contributed by atoms with E-state index in [9.17, 15) is 18.9 Å². The van der Waals surface area contributed by atoms with Gasteiger partial charge in [-0.05, 0) is 36.8 Å². The fourth-order valence-corrected chi connectivity index (χ4v) is 2.78. The van der Waals surface area contributed by atoms with Crippen molar-refractivity contribution in [1.29, 1.82) is 0 Å². The van der Waals surface area contributed by atoms with E-state index >= 15 is 0 Å². The van der Waals surface area contributed by atoms with Gasteiger partial charge < -0.3 is 10.1 Å². The van der Waals surface area contributed by atoms with E-state index in [0.717, 1.165) is 11.6 Å². The molecule has 1 heterocycles. The molecule has 1 atom stereocenters. The number of nitro benzene ring substituents is 1. The van der Waals surface area contributed by atoms with Crippen molar-refractivity contribution in [3.05, 3.63) is 82.0 Å². The average Bonchev–Trinajstić information content (AvgIpc) is 2.69. The van der Waals surface area contributed by atoms with Crippen LogP contribution < -0.4 is 10.1 Å². The Hall–Kier alpha value is -3.55. The molecule has 1 N–H and O–H groups in total. The molecular weight excluding hydrogens is 368 g/mol. The van der Waals surface area contributed by atoms with Crippen LogP contribution in [0.25, 0.3) is 11.1 Å². The van der Waals surface area contributed by atoms with Gasteiger partial charge >= 0.3 is 0 Å². The number of rotatable bonds is 6. The van der Waals surface area contributed by atoms with Crippen molar-refractivity contribution in [3.63, 3.8) is 0 Å². The molecule has 0 aliphatic carbocycles. The number of nitro groups is 1. The number of ether oxygens (including phenoxy) is 1. The number of hydrogen-bond acceptors (Lipinski definition) is 5. The molecule has 1 aromatic heterocycles. The molecule has 1 unspecified atom stereocenters. The Morgan fingerprint density at radius 1 is 1.14 bits per heavy atom. The van der Waals surface area contributed by atoms with Crippen LogP contribution in [0.4, 0.5) is 20.2 Å².